The number of benzene rings is 1. The van der Waals surface area contributed by atoms with Crippen molar-refractivity contribution in [3.63, 3.8) is 0 Å². The highest BCUT2D eigenvalue weighted by Crippen LogP contribution is 2.23. The van der Waals surface area contributed by atoms with Gasteiger partial charge < -0.3 is 9.84 Å². The Morgan fingerprint density at radius 1 is 1.54 bits per heavy atom. The smallest absolute Gasteiger partial charge is 0.383 e. The van der Waals surface area contributed by atoms with Gasteiger partial charge in [-0.05, 0) is 12.1 Å². The second kappa shape index (κ2) is 3.75. The molecular weight excluding hydrogens is 179 g/mol. The molecule has 5 heteroatoms. The maximum atomic E-state index is 11.4. The lowest BCUT2D eigenvalue weighted by Crippen LogP contribution is -1.99. The van der Waals surface area contributed by atoms with Gasteiger partial charge in [-0.2, -0.15) is 0 Å². The second-order valence-corrected chi connectivity index (χ2v) is 2.25. The molecule has 0 radical (unpaired) electrons. The van der Waals surface area contributed by atoms with Gasteiger partial charge in [0.2, 0.25) is 0 Å². The Balaban J connectivity index is 3.05. The highest BCUT2D eigenvalue weighted by molar-refractivity contribution is 5.92. The fraction of sp³-hybridized carbons (Fsp3) is 0.125. The van der Waals surface area contributed by atoms with Gasteiger partial charge in [-0.3, -0.25) is 0 Å². The van der Waals surface area contributed by atoms with Crippen molar-refractivity contribution in [2.75, 3.05) is 7.11 Å². The van der Waals surface area contributed by atoms with Gasteiger partial charge in [0, 0.05) is 10.6 Å². The van der Waals surface area contributed by atoms with Crippen molar-refractivity contribution in [3.05, 3.63) is 23.8 Å². The lowest BCUT2D eigenvalue weighted by Gasteiger charge is -2.02. The first kappa shape index (κ1) is 9.31. The maximum absolute atomic E-state index is 11.4. The van der Waals surface area contributed by atoms with Crippen LogP contribution in [0.2, 0.25) is 0 Å². The van der Waals surface area contributed by atoms with E-state index in [-0.39, 0.29) is 11.3 Å². The number of hydrogen-bond donors (Lipinski definition) is 1. The van der Waals surface area contributed by atoms with Crippen LogP contribution in [0.25, 0.3) is 0 Å². The number of hydrogen-bond acceptors (Lipinski definition) is 4. The Morgan fingerprint density at radius 2 is 2.23 bits per heavy atom. The van der Waals surface area contributed by atoms with E-state index in [1.165, 1.54) is 25.3 Å². The van der Waals surface area contributed by atoms with Crippen LogP contribution < -0.4 is 4.74 Å². The summed E-state index contributed by atoms with van der Waals surface area (Å²) >= 11 is 0. The third-order valence-corrected chi connectivity index (χ3v) is 1.49. The zero-order valence-electron chi connectivity index (χ0n) is 6.78. The highest BCUT2D eigenvalue weighted by Gasteiger charge is 2.13. The monoisotopic (exact) mass is 186 g/mol. The van der Waals surface area contributed by atoms with Crippen molar-refractivity contribution in [3.8, 4) is 11.5 Å². The number of methoxy groups -OCH3 is 1. The number of carbonyl (C=O) groups is 1. The lowest BCUT2D eigenvalue weighted by molar-refractivity contribution is -0.0789. The molecule has 70 valence electrons. The number of carbonyl (C=O) groups excluding carboxylic acids is 1. The first-order valence-corrected chi connectivity index (χ1v) is 3.39. The molecule has 0 atom stereocenters. The number of phenolic OH excluding ortho intramolecular Hbond substituents is 1. The first-order chi connectivity index (χ1) is 6.19. The molecule has 1 rings (SSSR count). The molecule has 0 aliphatic carbocycles. The molecule has 0 saturated heterocycles. The maximum Gasteiger partial charge on any atom is 0.383 e. The third-order valence-electron chi connectivity index (χ3n) is 1.49. The van der Waals surface area contributed by atoms with Crippen LogP contribution in [0.15, 0.2) is 18.2 Å². The molecule has 1 aromatic rings. The van der Waals surface area contributed by atoms with Gasteiger partial charge in [0.1, 0.15) is 17.1 Å². The van der Waals surface area contributed by atoms with Gasteiger partial charge in [0.25, 0.3) is 0 Å². The molecule has 0 fully saturated rings. The number of ether oxygens (including phenoxy) is 1. The van der Waals surface area contributed by atoms with Gasteiger partial charge in [0.05, 0.1) is 7.11 Å². The van der Waals surface area contributed by atoms with E-state index in [9.17, 15) is 14.4 Å². The minimum Gasteiger partial charge on any atom is -0.507 e. The molecule has 0 amide bonds. The number of halogens is 1. The van der Waals surface area contributed by atoms with Crippen LogP contribution in [0.5, 0.6) is 11.5 Å². The second-order valence-electron chi connectivity index (χ2n) is 2.25. The predicted molar refractivity (Wildman–Crippen MR) is 41.2 cm³/mol. The normalized spacial score (nSPS) is 9.38. The number of rotatable bonds is 2. The number of phenols is 1. The quantitative estimate of drug-likeness (QED) is 0.759. The molecule has 0 saturated carbocycles. The van der Waals surface area contributed by atoms with E-state index in [1.54, 1.807) is 0 Å². The van der Waals surface area contributed by atoms with Crippen molar-refractivity contribution in [1.29, 1.82) is 0 Å². The average Bonchev–Trinajstić information content (AvgIpc) is 2.16. The van der Waals surface area contributed by atoms with E-state index >= 15 is 0 Å². The molecule has 1 N–H and O–H groups in total. The van der Waals surface area contributed by atoms with E-state index in [0.29, 0.717) is 5.75 Å². The summed E-state index contributed by atoms with van der Waals surface area (Å²) in [6, 6.07) is 3.80. The predicted octanol–water partition coefficient (Wildman–Crippen LogP) is 1.44. The van der Waals surface area contributed by atoms with Crippen LogP contribution in [0, 0.1) is 0 Å². The van der Waals surface area contributed by atoms with Crippen molar-refractivity contribution in [2.24, 2.45) is 0 Å². The average molecular weight is 186 g/mol. The van der Waals surface area contributed by atoms with Crippen LogP contribution in [-0.2, 0) is 4.94 Å². The summed E-state index contributed by atoms with van der Waals surface area (Å²) < 4.78 is 16.2. The van der Waals surface area contributed by atoms with E-state index in [1.807, 2.05) is 0 Å². The minimum absolute atomic E-state index is 0.247. The standard InChI is InChI=1S/C8H7FO4/c1-12-5-2-3-6(7(10)4-5)8(11)13-9/h2-4,10H,1H3. The summed E-state index contributed by atoms with van der Waals surface area (Å²) in [5.41, 5.74) is -0.247. The zero-order chi connectivity index (χ0) is 9.84. The van der Waals surface area contributed by atoms with Crippen molar-refractivity contribution < 1.29 is 24.1 Å². The summed E-state index contributed by atoms with van der Waals surface area (Å²) in [7, 11) is 1.40. The summed E-state index contributed by atoms with van der Waals surface area (Å²) in [5.74, 6) is -1.25. The Bertz CT molecular complexity index is 324. The first-order valence-electron chi connectivity index (χ1n) is 3.39. The fourth-order valence-electron chi connectivity index (χ4n) is 0.853. The van der Waals surface area contributed by atoms with Crippen LogP contribution in [0.4, 0.5) is 4.53 Å². The zero-order valence-corrected chi connectivity index (χ0v) is 6.78. The molecule has 4 nitrogen and oxygen atoms in total. The fourth-order valence-corrected chi connectivity index (χ4v) is 0.853. The molecule has 0 bridgehead atoms. The van der Waals surface area contributed by atoms with E-state index in [2.05, 4.69) is 4.94 Å². The summed E-state index contributed by atoms with van der Waals surface area (Å²) in [6.45, 7) is 0. The Hall–Kier alpha value is -1.78. The van der Waals surface area contributed by atoms with Crippen LogP contribution in [0.3, 0.4) is 0 Å². The highest BCUT2D eigenvalue weighted by atomic mass is 19.3. The minimum atomic E-state index is -1.24. The molecule has 13 heavy (non-hydrogen) atoms. The van der Waals surface area contributed by atoms with E-state index < -0.39 is 5.97 Å². The Labute approximate surface area is 73.4 Å². The molecule has 1 aromatic carbocycles. The SMILES string of the molecule is COc1ccc(C(=O)OF)c(O)c1. The van der Waals surface area contributed by atoms with E-state index in [0.717, 1.165) is 0 Å². The van der Waals surface area contributed by atoms with Crippen LogP contribution >= 0.6 is 0 Å². The van der Waals surface area contributed by atoms with Gasteiger partial charge >= 0.3 is 5.97 Å². The largest absolute Gasteiger partial charge is 0.507 e. The molecular formula is C8H7FO4. The van der Waals surface area contributed by atoms with Crippen molar-refractivity contribution in [2.45, 2.75) is 0 Å². The Morgan fingerprint density at radius 3 is 2.69 bits per heavy atom. The molecule has 0 heterocycles. The molecule has 0 aliphatic heterocycles. The number of aromatic hydroxyl groups is 1. The van der Waals surface area contributed by atoms with Gasteiger partial charge in [-0.1, -0.05) is 0 Å². The van der Waals surface area contributed by atoms with Gasteiger partial charge in [0.15, 0.2) is 0 Å². The van der Waals surface area contributed by atoms with Crippen LogP contribution in [-0.4, -0.2) is 18.2 Å². The molecule has 0 spiro atoms. The van der Waals surface area contributed by atoms with Crippen molar-refractivity contribution in [1.82, 2.24) is 0 Å². The van der Waals surface area contributed by atoms with E-state index in [4.69, 9.17) is 4.74 Å². The van der Waals surface area contributed by atoms with Gasteiger partial charge in [-0.15, -0.1) is 0 Å². The molecule has 0 unspecified atom stereocenters. The summed E-state index contributed by atoms with van der Waals surface area (Å²) in [4.78, 5) is 13.6. The summed E-state index contributed by atoms with van der Waals surface area (Å²) in [5, 5.41) is 9.18. The Kier molecular flexibility index (Phi) is 2.69. The summed E-state index contributed by atoms with van der Waals surface area (Å²) in [6.07, 6.45) is 0. The van der Waals surface area contributed by atoms with Crippen LogP contribution in [0.1, 0.15) is 10.4 Å². The molecule has 0 aliphatic rings. The lowest BCUT2D eigenvalue weighted by atomic mass is 10.2. The molecule has 0 aromatic heterocycles. The topological polar surface area (TPSA) is 55.8 Å². The third kappa shape index (κ3) is 1.87. The van der Waals surface area contributed by atoms with Crippen molar-refractivity contribution >= 4 is 5.97 Å². The van der Waals surface area contributed by atoms with Gasteiger partial charge in [-0.25, -0.2) is 9.74 Å².